The molecule has 1 fully saturated rings. The van der Waals surface area contributed by atoms with Crippen LogP contribution >= 0.6 is 0 Å². The number of aliphatic hydroxyl groups excluding tert-OH is 1. The van der Waals surface area contributed by atoms with E-state index < -0.39 is 0 Å². The molecule has 1 aliphatic carbocycles. The van der Waals surface area contributed by atoms with Gasteiger partial charge in [0, 0.05) is 6.08 Å². The average molecular weight is 258 g/mol. The summed E-state index contributed by atoms with van der Waals surface area (Å²) < 4.78 is 5.60. The Morgan fingerprint density at radius 3 is 2.58 bits per heavy atom. The molecule has 98 valence electrons. The summed E-state index contributed by atoms with van der Waals surface area (Å²) in [6.07, 6.45) is 3.62. The lowest BCUT2D eigenvalue weighted by Crippen LogP contribution is -2.34. The molecule has 4 heteroatoms. The van der Waals surface area contributed by atoms with Crippen LogP contribution in [0.2, 0.25) is 0 Å². The third-order valence-electron chi connectivity index (χ3n) is 3.60. The molecule has 1 saturated heterocycles. The Morgan fingerprint density at radius 2 is 1.84 bits per heavy atom. The van der Waals surface area contributed by atoms with Crippen LogP contribution in [-0.2, 0) is 9.53 Å². The molecule has 19 heavy (non-hydrogen) atoms. The molecule has 0 radical (unpaired) electrons. The molecule has 1 aromatic rings. The number of hydrogen-bond acceptors (Lipinski definition) is 4. The lowest BCUT2D eigenvalue weighted by molar-refractivity contribution is -0.128. The lowest BCUT2D eigenvalue weighted by Gasteiger charge is -2.32. The van der Waals surface area contributed by atoms with E-state index in [2.05, 4.69) is 0 Å². The number of phenols is 1. The SMILES string of the molecule is O=C1[C@@H]2CC=C(O)C=C2OC[C@@H]1c1ccc(O)cc1. The zero-order chi connectivity index (χ0) is 13.4. The predicted octanol–water partition coefficient (Wildman–Crippen LogP) is 2.42. The van der Waals surface area contributed by atoms with Crippen LogP contribution in [0.4, 0.5) is 0 Å². The van der Waals surface area contributed by atoms with Crippen molar-refractivity contribution >= 4 is 5.78 Å². The third kappa shape index (κ3) is 2.10. The first-order chi connectivity index (χ1) is 9.15. The maximum Gasteiger partial charge on any atom is 0.154 e. The molecule has 0 unspecified atom stereocenters. The van der Waals surface area contributed by atoms with Crippen LogP contribution in [-0.4, -0.2) is 22.6 Å². The number of allylic oxidation sites excluding steroid dienone is 3. The van der Waals surface area contributed by atoms with Gasteiger partial charge in [-0.25, -0.2) is 0 Å². The van der Waals surface area contributed by atoms with Gasteiger partial charge in [0.15, 0.2) is 5.78 Å². The fraction of sp³-hybridized carbons (Fsp3) is 0.267. The van der Waals surface area contributed by atoms with Crippen molar-refractivity contribution in [3.8, 4) is 5.75 Å². The maximum absolute atomic E-state index is 12.5. The fourth-order valence-electron chi connectivity index (χ4n) is 2.53. The molecular formula is C15H14O4. The summed E-state index contributed by atoms with van der Waals surface area (Å²) >= 11 is 0. The van der Waals surface area contributed by atoms with Crippen LogP contribution in [0, 0.1) is 5.92 Å². The van der Waals surface area contributed by atoms with Crippen molar-refractivity contribution < 1.29 is 19.7 Å². The molecule has 2 atom stereocenters. The highest BCUT2D eigenvalue weighted by atomic mass is 16.5. The number of phenolic OH excluding ortho intramolecular Hbond substituents is 1. The van der Waals surface area contributed by atoms with Crippen molar-refractivity contribution in [2.75, 3.05) is 6.61 Å². The minimum absolute atomic E-state index is 0.104. The Labute approximate surface area is 110 Å². The number of carbonyl (C=O) groups excluding carboxylic acids is 1. The van der Waals surface area contributed by atoms with Crippen molar-refractivity contribution in [1.82, 2.24) is 0 Å². The molecule has 1 aliphatic heterocycles. The van der Waals surface area contributed by atoms with Crippen molar-refractivity contribution in [2.24, 2.45) is 5.92 Å². The largest absolute Gasteiger partial charge is 0.508 e. The highest BCUT2D eigenvalue weighted by molar-refractivity contribution is 5.91. The second-order valence-electron chi connectivity index (χ2n) is 4.82. The van der Waals surface area contributed by atoms with E-state index in [-0.39, 0.29) is 35.7 Å². The predicted molar refractivity (Wildman–Crippen MR) is 68.7 cm³/mol. The Balaban J connectivity index is 1.86. The van der Waals surface area contributed by atoms with E-state index in [0.717, 1.165) is 5.56 Å². The van der Waals surface area contributed by atoms with Crippen LogP contribution in [0.25, 0.3) is 0 Å². The molecule has 2 aliphatic rings. The fourth-order valence-corrected chi connectivity index (χ4v) is 2.53. The maximum atomic E-state index is 12.5. The minimum atomic E-state index is -0.309. The van der Waals surface area contributed by atoms with Gasteiger partial charge in [0.1, 0.15) is 23.9 Å². The van der Waals surface area contributed by atoms with Gasteiger partial charge in [-0.15, -0.1) is 0 Å². The van der Waals surface area contributed by atoms with E-state index in [9.17, 15) is 15.0 Å². The number of hydrogen-bond donors (Lipinski definition) is 2. The number of carbonyl (C=O) groups is 1. The number of Topliss-reactive ketones (excluding diaryl/α,β-unsaturated/α-hetero) is 1. The first-order valence-corrected chi connectivity index (χ1v) is 6.21. The topological polar surface area (TPSA) is 66.8 Å². The Hall–Kier alpha value is -2.23. The van der Waals surface area contributed by atoms with Gasteiger partial charge < -0.3 is 14.9 Å². The number of aliphatic hydroxyl groups is 1. The Bertz CT molecular complexity index is 568. The summed E-state index contributed by atoms with van der Waals surface area (Å²) in [7, 11) is 0. The first kappa shape index (κ1) is 11.8. The molecule has 0 saturated carbocycles. The molecule has 0 bridgehead atoms. The van der Waals surface area contributed by atoms with E-state index in [1.807, 2.05) is 0 Å². The van der Waals surface area contributed by atoms with Crippen LogP contribution in [0.15, 0.2) is 47.9 Å². The van der Waals surface area contributed by atoms with Crippen LogP contribution in [0.5, 0.6) is 5.75 Å². The second-order valence-corrected chi connectivity index (χ2v) is 4.82. The number of fused-ring (bicyclic) bond motifs is 1. The monoisotopic (exact) mass is 258 g/mol. The van der Waals surface area contributed by atoms with Crippen molar-refractivity contribution in [3.05, 3.63) is 53.5 Å². The van der Waals surface area contributed by atoms with Crippen molar-refractivity contribution in [1.29, 1.82) is 0 Å². The molecule has 1 aromatic carbocycles. The average Bonchev–Trinajstić information content (AvgIpc) is 2.40. The van der Waals surface area contributed by atoms with Gasteiger partial charge in [-0.05, 0) is 30.2 Å². The van der Waals surface area contributed by atoms with Crippen molar-refractivity contribution in [2.45, 2.75) is 12.3 Å². The van der Waals surface area contributed by atoms with E-state index in [1.54, 1.807) is 30.3 Å². The second kappa shape index (κ2) is 4.46. The van der Waals surface area contributed by atoms with Gasteiger partial charge >= 0.3 is 0 Å². The minimum Gasteiger partial charge on any atom is -0.508 e. The summed E-state index contributed by atoms with van der Waals surface area (Å²) in [5, 5.41) is 18.7. The van der Waals surface area contributed by atoms with Crippen molar-refractivity contribution in [3.63, 3.8) is 0 Å². The highest BCUT2D eigenvalue weighted by Crippen LogP contribution is 2.36. The Morgan fingerprint density at radius 1 is 1.11 bits per heavy atom. The van der Waals surface area contributed by atoms with Gasteiger partial charge in [-0.2, -0.15) is 0 Å². The van der Waals surface area contributed by atoms with E-state index >= 15 is 0 Å². The zero-order valence-electron chi connectivity index (χ0n) is 10.2. The van der Waals surface area contributed by atoms with E-state index in [4.69, 9.17) is 4.74 Å². The molecule has 3 rings (SSSR count). The van der Waals surface area contributed by atoms with Gasteiger partial charge in [0.2, 0.25) is 0 Å². The number of rotatable bonds is 1. The van der Waals surface area contributed by atoms with Gasteiger partial charge in [-0.1, -0.05) is 12.1 Å². The van der Waals surface area contributed by atoms with E-state index in [1.165, 1.54) is 6.08 Å². The third-order valence-corrected chi connectivity index (χ3v) is 3.60. The van der Waals surface area contributed by atoms with Crippen LogP contribution in [0.3, 0.4) is 0 Å². The highest BCUT2D eigenvalue weighted by Gasteiger charge is 2.37. The molecule has 2 N–H and O–H groups in total. The number of ketones is 1. The molecular weight excluding hydrogens is 244 g/mol. The van der Waals surface area contributed by atoms with E-state index in [0.29, 0.717) is 12.2 Å². The van der Waals surface area contributed by atoms with Gasteiger partial charge in [0.05, 0.1) is 11.8 Å². The summed E-state index contributed by atoms with van der Waals surface area (Å²) in [4.78, 5) is 12.5. The lowest BCUT2D eigenvalue weighted by atomic mass is 9.81. The molecule has 1 heterocycles. The van der Waals surface area contributed by atoms with Crippen LogP contribution in [0.1, 0.15) is 17.9 Å². The first-order valence-electron chi connectivity index (χ1n) is 6.21. The normalized spacial score (nSPS) is 26.0. The summed E-state index contributed by atoms with van der Waals surface area (Å²) in [6.45, 7) is 0.277. The number of ether oxygens (including phenoxy) is 1. The number of benzene rings is 1. The molecule has 0 aromatic heterocycles. The van der Waals surface area contributed by atoms with Crippen LogP contribution < -0.4 is 0 Å². The smallest absolute Gasteiger partial charge is 0.154 e. The molecule has 4 nitrogen and oxygen atoms in total. The Kier molecular flexibility index (Phi) is 2.78. The standard InChI is InChI=1S/C15H14O4/c16-10-3-1-9(2-4-10)13-8-19-14-7-11(17)5-6-12(14)15(13)18/h1-5,7,12-13,16-17H,6,8H2/t12-,13-/m1/s1. The molecule has 0 amide bonds. The summed E-state index contributed by atoms with van der Waals surface area (Å²) in [5.74, 6) is 0.382. The number of aromatic hydroxyl groups is 1. The zero-order valence-corrected chi connectivity index (χ0v) is 10.2. The quantitative estimate of drug-likeness (QED) is 0.811. The summed E-state index contributed by atoms with van der Waals surface area (Å²) in [6, 6.07) is 6.62. The summed E-state index contributed by atoms with van der Waals surface area (Å²) in [5.41, 5.74) is 0.848. The van der Waals surface area contributed by atoms with Gasteiger partial charge in [0.25, 0.3) is 0 Å². The molecule has 0 spiro atoms. The van der Waals surface area contributed by atoms with Gasteiger partial charge in [-0.3, -0.25) is 4.79 Å².